The zero-order valence-electron chi connectivity index (χ0n) is 15.2. The number of para-hydroxylation sites is 1. The number of rotatable bonds is 5. The van der Waals surface area contributed by atoms with Crippen LogP contribution in [-0.2, 0) is 0 Å². The minimum atomic E-state index is 0.262. The maximum absolute atomic E-state index is 4.41. The number of piperazine rings is 1. The molecule has 24 heavy (non-hydrogen) atoms. The van der Waals surface area contributed by atoms with Crippen LogP contribution in [0.3, 0.4) is 0 Å². The van der Waals surface area contributed by atoms with E-state index in [0.717, 1.165) is 50.7 Å². The first kappa shape index (κ1) is 17.0. The Morgan fingerprint density at radius 2 is 1.71 bits per heavy atom. The summed E-state index contributed by atoms with van der Waals surface area (Å²) in [5.41, 5.74) is 3.52. The smallest absolute Gasteiger partial charge is 0.173 e. The number of hydrogen-bond donors (Lipinski definition) is 0. The van der Waals surface area contributed by atoms with Gasteiger partial charge in [-0.3, -0.25) is 4.90 Å². The Hall–Kier alpha value is -1.79. The minimum absolute atomic E-state index is 0.262. The predicted molar refractivity (Wildman–Crippen MR) is 95.3 cm³/mol. The van der Waals surface area contributed by atoms with Crippen molar-refractivity contribution in [2.45, 2.75) is 40.2 Å². The minimum Gasteiger partial charge on any atom is -0.301 e. The van der Waals surface area contributed by atoms with Gasteiger partial charge in [0.25, 0.3) is 0 Å². The number of likely N-dealkylation sites (N-methyl/N-ethyl adjacent to an activating group) is 1. The maximum atomic E-state index is 4.41. The second-order valence-electron chi connectivity index (χ2n) is 6.58. The topological polar surface area (TPSA) is 50.1 Å². The van der Waals surface area contributed by atoms with Gasteiger partial charge in [-0.05, 0) is 48.4 Å². The highest BCUT2D eigenvalue weighted by atomic mass is 15.6. The molecule has 0 spiro atoms. The molecule has 1 aromatic heterocycles. The van der Waals surface area contributed by atoms with Crippen LogP contribution >= 0.6 is 0 Å². The number of benzene rings is 1. The summed E-state index contributed by atoms with van der Waals surface area (Å²) in [6.45, 7) is 14.2. The molecule has 0 bridgehead atoms. The quantitative estimate of drug-likeness (QED) is 0.843. The van der Waals surface area contributed by atoms with Crippen molar-refractivity contribution in [3.8, 4) is 5.69 Å². The third kappa shape index (κ3) is 3.21. The van der Waals surface area contributed by atoms with E-state index >= 15 is 0 Å². The average molecular weight is 328 g/mol. The summed E-state index contributed by atoms with van der Waals surface area (Å²) in [4.78, 5) is 5.03. The Morgan fingerprint density at radius 1 is 1.04 bits per heavy atom. The van der Waals surface area contributed by atoms with Crippen molar-refractivity contribution in [3.63, 3.8) is 0 Å². The molecular weight excluding hydrogens is 300 g/mol. The monoisotopic (exact) mass is 328 g/mol. The molecule has 130 valence electrons. The Morgan fingerprint density at radius 3 is 2.29 bits per heavy atom. The van der Waals surface area contributed by atoms with Gasteiger partial charge in [0.2, 0.25) is 0 Å². The molecule has 0 amide bonds. The number of nitrogens with zero attached hydrogens (tertiary/aromatic N) is 6. The van der Waals surface area contributed by atoms with Crippen molar-refractivity contribution in [2.24, 2.45) is 0 Å². The molecule has 0 aliphatic carbocycles. The molecule has 1 atom stereocenters. The fourth-order valence-electron chi connectivity index (χ4n) is 3.70. The normalized spacial score (nSPS) is 18.0. The molecule has 1 aliphatic heterocycles. The van der Waals surface area contributed by atoms with E-state index in [2.05, 4.69) is 71.2 Å². The van der Waals surface area contributed by atoms with Crippen molar-refractivity contribution in [1.82, 2.24) is 30.0 Å². The molecule has 6 nitrogen and oxygen atoms in total. The van der Waals surface area contributed by atoms with Gasteiger partial charge in [0, 0.05) is 26.2 Å². The van der Waals surface area contributed by atoms with Crippen molar-refractivity contribution in [2.75, 3.05) is 32.7 Å². The number of tetrazole rings is 1. The molecule has 2 aromatic rings. The van der Waals surface area contributed by atoms with Crippen LogP contribution in [0.5, 0.6) is 0 Å². The summed E-state index contributed by atoms with van der Waals surface area (Å²) >= 11 is 0. The molecule has 0 saturated carbocycles. The summed E-state index contributed by atoms with van der Waals surface area (Å²) < 4.78 is 1.95. The molecule has 6 heteroatoms. The highest BCUT2D eigenvalue weighted by molar-refractivity contribution is 5.46. The Balaban J connectivity index is 1.91. The van der Waals surface area contributed by atoms with Gasteiger partial charge < -0.3 is 4.90 Å². The summed E-state index contributed by atoms with van der Waals surface area (Å²) in [5, 5.41) is 12.7. The lowest BCUT2D eigenvalue weighted by Crippen LogP contribution is -2.47. The molecule has 1 aromatic carbocycles. The van der Waals surface area contributed by atoms with E-state index < -0.39 is 0 Å². The largest absolute Gasteiger partial charge is 0.301 e. The zero-order valence-corrected chi connectivity index (χ0v) is 15.2. The van der Waals surface area contributed by atoms with Crippen LogP contribution < -0.4 is 0 Å². The first-order chi connectivity index (χ1) is 11.7. The molecule has 1 unspecified atom stereocenters. The van der Waals surface area contributed by atoms with Crippen LogP contribution in [0.1, 0.15) is 43.3 Å². The lowest BCUT2D eigenvalue weighted by Gasteiger charge is -2.38. The summed E-state index contributed by atoms with van der Waals surface area (Å²) in [6, 6.07) is 6.58. The van der Waals surface area contributed by atoms with Crippen LogP contribution in [0.2, 0.25) is 0 Å². The third-order valence-corrected chi connectivity index (χ3v) is 5.12. The zero-order chi connectivity index (χ0) is 17.1. The first-order valence-electron chi connectivity index (χ1n) is 8.97. The van der Waals surface area contributed by atoms with Gasteiger partial charge in [-0.2, -0.15) is 4.68 Å². The average Bonchev–Trinajstić information content (AvgIpc) is 3.05. The van der Waals surface area contributed by atoms with Gasteiger partial charge in [-0.15, -0.1) is 5.10 Å². The van der Waals surface area contributed by atoms with Crippen LogP contribution in [0.25, 0.3) is 5.69 Å². The molecule has 0 radical (unpaired) electrons. The Bertz CT molecular complexity index is 652. The first-order valence-corrected chi connectivity index (χ1v) is 8.97. The summed E-state index contributed by atoms with van der Waals surface area (Å²) in [5.74, 6) is 0.958. The number of aryl methyl sites for hydroxylation is 2. The van der Waals surface area contributed by atoms with Crippen molar-refractivity contribution >= 4 is 0 Å². The number of hydrogen-bond acceptors (Lipinski definition) is 5. The van der Waals surface area contributed by atoms with E-state index in [4.69, 9.17) is 0 Å². The molecule has 1 fully saturated rings. The second kappa shape index (κ2) is 7.40. The standard InChI is InChI=1S/C18H28N6/c1-5-16(23-12-10-22(6-2)11-13-23)18-19-20-21-24(18)17-14(3)8-7-9-15(17)4/h7-9,16H,5-6,10-13H2,1-4H3. The van der Waals surface area contributed by atoms with Crippen LogP contribution in [-0.4, -0.2) is 62.7 Å². The second-order valence-corrected chi connectivity index (χ2v) is 6.58. The fourth-order valence-corrected chi connectivity index (χ4v) is 3.70. The van der Waals surface area contributed by atoms with Gasteiger partial charge in [-0.25, -0.2) is 0 Å². The predicted octanol–water partition coefficient (Wildman–Crippen LogP) is 2.37. The molecule has 3 rings (SSSR count). The third-order valence-electron chi connectivity index (χ3n) is 5.12. The van der Waals surface area contributed by atoms with E-state index in [0.29, 0.717) is 0 Å². The van der Waals surface area contributed by atoms with Gasteiger partial charge >= 0.3 is 0 Å². The van der Waals surface area contributed by atoms with Crippen LogP contribution in [0.15, 0.2) is 18.2 Å². The van der Waals surface area contributed by atoms with Gasteiger partial charge in [0.05, 0.1) is 11.7 Å². The van der Waals surface area contributed by atoms with Gasteiger partial charge in [0.15, 0.2) is 5.82 Å². The highest BCUT2D eigenvalue weighted by Gasteiger charge is 2.28. The highest BCUT2D eigenvalue weighted by Crippen LogP contribution is 2.27. The number of aromatic nitrogens is 4. The molecular formula is C18H28N6. The lowest BCUT2D eigenvalue weighted by atomic mass is 10.1. The summed E-state index contributed by atoms with van der Waals surface area (Å²) in [7, 11) is 0. The fraction of sp³-hybridized carbons (Fsp3) is 0.611. The van der Waals surface area contributed by atoms with Gasteiger partial charge in [-0.1, -0.05) is 32.0 Å². The van der Waals surface area contributed by atoms with E-state index in [1.54, 1.807) is 0 Å². The van der Waals surface area contributed by atoms with Crippen LogP contribution in [0, 0.1) is 13.8 Å². The van der Waals surface area contributed by atoms with E-state index in [9.17, 15) is 0 Å². The molecule has 1 aliphatic rings. The van der Waals surface area contributed by atoms with E-state index in [1.807, 2.05) is 4.68 Å². The lowest BCUT2D eigenvalue weighted by molar-refractivity contribution is 0.0924. The maximum Gasteiger partial charge on any atom is 0.173 e. The summed E-state index contributed by atoms with van der Waals surface area (Å²) in [6.07, 6.45) is 1.01. The van der Waals surface area contributed by atoms with Gasteiger partial charge in [0.1, 0.15) is 0 Å². The Labute approximate surface area is 144 Å². The Kier molecular flexibility index (Phi) is 5.26. The van der Waals surface area contributed by atoms with Crippen molar-refractivity contribution in [1.29, 1.82) is 0 Å². The van der Waals surface area contributed by atoms with Crippen molar-refractivity contribution in [3.05, 3.63) is 35.2 Å². The molecule has 1 saturated heterocycles. The SMILES string of the molecule is CCC(c1nnnn1-c1c(C)cccc1C)N1CCN(CC)CC1. The molecule has 0 N–H and O–H groups in total. The van der Waals surface area contributed by atoms with Crippen LogP contribution in [0.4, 0.5) is 0 Å². The van der Waals surface area contributed by atoms with Crippen molar-refractivity contribution < 1.29 is 0 Å². The van der Waals surface area contributed by atoms with E-state index in [-0.39, 0.29) is 6.04 Å². The van der Waals surface area contributed by atoms with E-state index in [1.165, 1.54) is 11.1 Å². The molecule has 2 heterocycles.